The Morgan fingerprint density at radius 1 is 1.61 bits per heavy atom. The summed E-state index contributed by atoms with van der Waals surface area (Å²) in [7, 11) is 1.60. The molecule has 2 rings (SSSR count). The van der Waals surface area contributed by atoms with Crippen molar-refractivity contribution in [3.63, 3.8) is 0 Å². The summed E-state index contributed by atoms with van der Waals surface area (Å²) in [4.78, 5) is 11.9. The smallest absolute Gasteiger partial charge is 0.224 e. The van der Waals surface area contributed by atoms with Gasteiger partial charge in [0, 0.05) is 10.9 Å². The van der Waals surface area contributed by atoms with Crippen molar-refractivity contribution < 1.29 is 9.53 Å². The molecule has 1 saturated heterocycles. The predicted octanol–water partition coefficient (Wildman–Crippen LogP) is 2.40. The third kappa shape index (κ3) is 3.46. The van der Waals surface area contributed by atoms with Crippen molar-refractivity contribution in [2.24, 2.45) is 5.92 Å². The van der Waals surface area contributed by atoms with Crippen LogP contribution in [-0.2, 0) is 4.79 Å². The third-order valence-electron chi connectivity index (χ3n) is 3.07. The average Bonchev–Trinajstić information content (AvgIpc) is 2.82. The summed E-state index contributed by atoms with van der Waals surface area (Å²) in [5.41, 5.74) is 0.711. The molecule has 5 heteroatoms. The molecule has 4 nitrogen and oxygen atoms in total. The summed E-state index contributed by atoms with van der Waals surface area (Å²) < 4.78 is 6.14. The number of anilines is 1. The lowest BCUT2D eigenvalue weighted by atomic mass is 10.0. The fourth-order valence-corrected chi connectivity index (χ4v) is 2.49. The van der Waals surface area contributed by atoms with Crippen molar-refractivity contribution in [2.75, 3.05) is 25.5 Å². The molecule has 0 bridgehead atoms. The Labute approximate surface area is 115 Å². The number of benzene rings is 1. The van der Waals surface area contributed by atoms with E-state index in [0.717, 1.165) is 24.0 Å². The molecule has 1 unspecified atom stereocenters. The van der Waals surface area contributed by atoms with Crippen LogP contribution in [0.3, 0.4) is 0 Å². The minimum Gasteiger partial charge on any atom is -0.495 e. The van der Waals surface area contributed by atoms with Gasteiger partial charge in [-0.3, -0.25) is 4.79 Å². The maximum absolute atomic E-state index is 11.9. The van der Waals surface area contributed by atoms with Crippen LogP contribution in [0.15, 0.2) is 22.7 Å². The van der Waals surface area contributed by atoms with Crippen LogP contribution in [0.25, 0.3) is 0 Å². The summed E-state index contributed by atoms with van der Waals surface area (Å²) in [6.07, 6.45) is 1.63. The molecular formula is C13H17BrN2O2. The highest BCUT2D eigenvalue weighted by Gasteiger charge is 2.18. The van der Waals surface area contributed by atoms with E-state index in [2.05, 4.69) is 26.6 Å². The van der Waals surface area contributed by atoms with E-state index in [1.807, 2.05) is 18.2 Å². The van der Waals surface area contributed by atoms with Crippen molar-refractivity contribution in [3.05, 3.63) is 22.7 Å². The van der Waals surface area contributed by atoms with E-state index in [9.17, 15) is 4.79 Å². The van der Waals surface area contributed by atoms with Gasteiger partial charge in [-0.2, -0.15) is 0 Å². The molecule has 1 aromatic carbocycles. The second-order valence-corrected chi connectivity index (χ2v) is 5.37. The SMILES string of the molecule is COc1ccc(Br)cc1NC(=O)CC1CCNC1. The Balaban J connectivity index is 1.99. The van der Waals surface area contributed by atoms with Gasteiger partial charge in [-0.25, -0.2) is 0 Å². The van der Waals surface area contributed by atoms with E-state index in [1.54, 1.807) is 7.11 Å². The van der Waals surface area contributed by atoms with E-state index >= 15 is 0 Å². The normalized spacial score (nSPS) is 18.7. The Bertz CT molecular complexity index is 431. The highest BCUT2D eigenvalue weighted by molar-refractivity contribution is 9.10. The maximum atomic E-state index is 11.9. The minimum absolute atomic E-state index is 0.0418. The molecule has 2 N–H and O–H groups in total. The largest absolute Gasteiger partial charge is 0.495 e. The number of nitrogens with one attached hydrogen (secondary N) is 2. The Morgan fingerprint density at radius 2 is 2.44 bits per heavy atom. The molecule has 1 aliphatic heterocycles. The van der Waals surface area contributed by atoms with E-state index in [4.69, 9.17) is 4.74 Å². The van der Waals surface area contributed by atoms with Crippen LogP contribution in [0.4, 0.5) is 5.69 Å². The number of hydrogen-bond donors (Lipinski definition) is 2. The summed E-state index contributed by atoms with van der Waals surface area (Å²) in [6.45, 7) is 1.95. The molecule has 0 radical (unpaired) electrons. The predicted molar refractivity (Wildman–Crippen MR) is 74.9 cm³/mol. The summed E-state index contributed by atoms with van der Waals surface area (Å²) in [5, 5.41) is 6.17. The van der Waals surface area contributed by atoms with Gasteiger partial charge in [0.15, 0.2) is 0 Å². The monoisotopic (exact) mass is 312 g/mol. The number of hydrogen-bond acceptors (Lipinski definition) is 3. The maximum Gasteiger partial charge on any atom is 0.224 e. The molecular weight excluding hydrogens is 296 g/mol. The van der Waals surface area contributed by atoms with Crippen LogP contribution in [0.5, 0.6) is 5.75 Å². The van der Waals surface area contributed by atoms with E-state index in [1.165, 1.54) is 0 Å². The van der Waals surface area contributed by atoms with Crippen LogP contribution < -0.4 is 15.4 Å². The van der Waals surface area contributed by atoms with Crippen molar-refractivity contribution >= 4 is 27.5 Å². The van der Waals surface area contributed by atoms with Crippen LogP contribution in [0.2, 0.25) is 0 Å². The minimum atomic E-state index is 0.0418. The van der Waals surface area contributed by atoms with Gasteiger partial charge in [-0.05, 0) is 43.6 Å². The van der Waals surface area contributed by atoms with E-state index in [-0.39, 0.29) is 5.91 Å². The van der Waals surface area contributed by atoms with Crippen molar-refractivity contribution in [3.8, 4) is 5.75 Å². The number of carbonyl (C=O) groups excluding carboxylic acids is 1. The highest BCUT2D eigenvalue weighted by atomic mass is 79.9. The number of carbonyl (C=O) groups is 1. The van der Waals surface area contributed by atoms with E-state index in [0.29, 0.717) is 23.8 Å². The Morgan fingerprint density at radius 3 is 3.11 bits per heavy atom. The third-order valence-corrected chi connectivity index (χ3v) is 3.57. The molecule has 0 saturated carbocycles. The van der Waals surface area contributed by atoms with Crippen molar-refractivity contribution in [1.29, 1.82) is 0 Å². The first-order valence-corrected chi connectivity index (χ1v) is 6.82. The number of amides is 1. The molecule has 1 atom stereocenters. The number of ether oxygens (including phenoxy) is 1. The fourth-order valence-electron chi connectivity index (χ4n) is 2.13. The molecule has 0 spiro atoms. The van der Waals surface area contributed by atoms with Gasteiger partial charge >= 0.3 is 0 Å². The highest BCUT2D eigenvalue weighted by Crippen LogP contribution is 2.28. The van der Waals surface area contributed by atoms with Gasteiger partial charge < -0.3 is 15.4 Å². The summed E-state index contributed by atoms with van der Waals surface area (Å²) in [6, 6.07) is 5.57. The second kappa shape index (κ2) is 6.20. The Kier molecular flexibility index (Phi) is 4.60. The molecule has 0 aromatic heterocycles. The molecule has 1 aromatic rings. The van der Waals surface area contributed by atoms with Crippen molar-refractivity contribution in [2.45, 2.75) is 12.8 Å². The standard InChI is InChI=1S/C13H17BrN2O2/c1-18-12-3-2-10(14)7-11(12)16-13(17)6-9-4-5-15-8-9/h2-3,7,9,15H,4-6,8H2,1H3,(H,16,17). The Hall–Kier alpha value is -1.07. The van der Waals surface area contributed by atoms with Crippen LogP contribution in [0.1, 0.15) is 12.8 Å². The second-order valence-electron chi connectivity index (χ2n) is 4.46. The molecule has 1 fully saturated rings. The topological polar surface area (TPSA) is 50.4 Å². The molecule has 1 aliphatic rings. The first-order valence-electron chi connectivity index (χ1n) is 6.03. The summed E-state index contributed by atoms with van der Waals surface area (Å²) in [5.74, 6) is 1.17. The van der Waals surface area contributed by atoms with Gasteiger partial charge in [0.25, 0.3) is 0 Å². The molecule has 98 valence electrons. The molecule has 1 amide bonds. The van der Waals surface area contributed by atoms with Crippen LogP contribution in [-0.4, -0.2) is 26.1 Å². The van der Waals surface area contributed by atoms with Gasteiger partial charge in [0.1, 0.15) is 5.75 Å². The van der Waals surface area contributed by atoms with Gasteiger partial charge in [0.05, 0.1) is 12.8 Å². The molecule has 1 heterocycles. The van der Waals surface area contributed by atoms with Gasteiger partial charge in [-0.1, -0.05) is 15.9 Å². The van der Waals surface area contributed by atoms with Crippen LogP contribution >= 0.6 is 15.9 Å². The van der Waals surface area contributed by atoms with Gasteiger partial charge in [0.2, 0.25) is 5.91 Å². The summed E-state index contributed by atoms with van der Waals surface area (Å²) >= 11 is 3.39. The van der Waals surface area contributed by atoms with Gasteiger partial charge in [-0.15, -0.1) is 0 Å². The lowest BCUT2D eigenvalue weighted by molar-refractivity contribution is -0.117. The number of halogens is 1. The zero-order valence-corrected chi connectivity index (χ0v) is 11.9. The number of rotatable bonds is 4. The first-order chi connectivity index (χ1) is 8.69. The van der Waals surface area contributed by atoms with Crippen molar-refractivity contribution in [1.82, 2.24) is 5.32 Å². The fraction of sp³-hybridized carbons (Fsp3) is 0.462. The lowest BCUT2D eigenvalue weighted by Gasteiger charge is -2.12. The average molecular weight is 313 g/mol. The van der Waals surface area contributed by atoms with Crippen LogP contribution in [0, 0.1) is 5.92 Å². The zero-order valence-electron chi connectivity index (χ0n) is 10.3. The first kappa shape index (κ1) is 13.4. The molecule has 0 aliphatic carbocycles. The van der Waals surface area contributed by atoms with E-state index < -0.39 is 0 Å². The molecule has 18 heavy (non-hydrogen) atoms. The number of methoxy groups -OCH3 is 1. The zero-order chi connectivity index (χ0) is 13.0. The lowest BCUT2D eigenvalue weighted by Crippen LogP contribution is -2.18. The quantitative estimate of drug-likeness (QED) is 0.897.